The van der Waals surface area contributed by atoms with Crippen LogP contribution in [0, 0.1) is 32.5 Å². The van der Waals surface area contributed by atoms with Crippen molar-refractivity contribution in [2.75, 3.05) is 26.4 Å². The normalized spacial score (nSPS) is 12.6. The van der Waals surface area contributed by atoms with Crippen LogP contribution in [-0.2, 0) is 20.4 Å². The molecule has 0 bridgehead atoms. The van der Waals surface area contributed by atoms with Crippen molar-refractivity contribution >= 4 is 0 Å². The molecule has 1 aromatic heterocycles. The number of benzene rings is 1. The van der Waals surface area contributed by atoms with E-state index in [0.29, 0.717) is 40.3 Å². The molecule has 0 saturated heterocycles. The third-order valence-electron chi connectivity index (χ3n) is 5.82. The monoisotopic (exact) mass is 748 g/mol. The summed E-state index contributed by atoms with van der Waals surface area (Å²) in [4.78, 5) is 0. The second-order valence-corrected chi connectivity index (χ2v) is 24.5. The molecule has 0 aliphatic rings. The van der Waals surface area contributed by atoms with Crippen LogP contribution in [0.3, 0.4) is 0 Å². The Kier molecular flexibility index (Phi) is 27.8. The van der Waals surface area contributed by atoms with Gasteiger partial charge in [0.15, 0.2) is 0 Å². The fourth-order valence-corrected chi connectivity index (χ4v) is 3.13. The van der Waals surface area contributed by atoms with Gasteiger partial charge in [-0.25, -0.2) is 4.68 Å². The number of hydrogen-bond acceptors (Lipinski definition) is 4. The predicted octanol–water partition coefficient (Wildman–Crippen LogP) is 15.1. The lowest BCUT2D eigenvalue weighted by molar-refractivity contribution is 0.000732. The van der Waals surface area contributed by atoms with E-state index in [9.17, 15) is 0 Å². The SMILES string of the molecule is CC(C)(C)C.CC(C)(C)C.CC(C)(C)CCC(C)(C)C.CC(C)(C)COCCOCC(C)(C)C.CC(C)(C)c1ccccc1.CC(C)(C)n1ccnn1. The van der Waals surface area contributed by atoms with Crippen molar-refractivity contribution < 1.29 is 9.47 Å². The lowest BCUT2D eigenvalue weighted by Crippen LogP contribution is -2.22. The molecule has 0 spiro atoms. The third kappa shape index (κ3) is 62.6. The second kappa shape index (κ2) is 25.4. The molecule has 0 unspecified atom stereocenters. The summed E-state index contributed by atoms with van der Waals surface area (Å²) in [6.45, 7) is 60.3. The molecular formula is C48H97N3O2. The Labute approximate surface area is 334 Å². The summed E-state index contributed by atoms with van der Waals surface area (Å²) >= 11 is 0. The quantitative estimate of drug-likeness (QED) is 0.276. The van der Waals surface area contributed by atoms with Crippen LogP contribution >= 0.6 is 0 Å². The summed E-state index contributed by atoms with van der Waals surface area (Å²) in [5.41, 5.74) is 4.28. The number of hydrogen-bond donors (Lipinski definition) is 0. The van der Waals surface area contributed by atoms with Crippen molar-refractivity contribution in [2.45, 2.75) is 204 Å². The largest absolute Gasteiger partial charge is 0.379 e. The fourth-order valence-electron chi connectivity index (χ4n) is 3.13. The maximum Gasteiger partial charge on any atom is 0.0700 e. The van der Waals surface area contributed by atoms with Gasteiger partial charge >= 0.3 is 0 Å². The van der Waals surface area contributed by atoms with Gasteiger partial charge in [-0.3, -0.25) is 0 Å². The molecule has 5 heteroatoms. The maximum absolute atomic E-state index is 5.49. The van der Waals surface area contributed by atoms with E-state index >= 15 is 0 Å². The van der Waals surface area contributed by atoms with Gasteiger partial charge in [-0.05, 0) is 77.1 Å². The molecule has 0 aliphatic carbocycles. The molecule has 0 fully saturated rings. The van der Waals surface area contributed by atoms with Crippen molar-refractivity contribution in [3.8, 4) is 0 Å². The van der Waals surface area contributed by atoms with Crippen LogP contribution in [0.25, 0.3) is 0 Å². The average molecular weight is 748 g/mol. The molecule has 0 radical (unpaired) electrons. The van der Waals surface area contributed by atoms with E-state index in [1.54, 1.807) is 6.20 Å². The fraction of sp³-hybridized carbons (Fsp3) is 0.833. The van der Waals surface area contributed by atoms with Gasteiger partial charge in [0.2, 0.25) is 0 Å². The zero-order valence-electron chi connectivity index (χ0n) is 40.9. The molecule has 1 heterocycles. The van der Waals surface area contributed by atoms with Crippen LogP contribution in [0.2, 0.25) is 0 Å². The van der Waals surface area contributed by atoms with E-state index in [1.807, 2.05) is 10.9 Å². The predicted molar refractivity (Wildman–Crippen MR) is 239 cm³/mol. The zero-order valence-corrected chi connectivity index (χ0v) is 40.9. The average Bonchev–Trinajstić information content (AvgIpc) is 3.43. The van der Waals surface area contributed by atoms with E-state index in [2.05, 4.69) is 221 Å². The number of ether oxygens (including phenoxy) is 2. The maximum atomic E-state index is 5.49. The van der Waals surface area contributed by atoms with E-state index in [-0.39, 0.29) is 16.4 Å². The number of nitrogens with zero attached hydrogens (tertiary/aromatic N) is 3. The van der Waals surface area contributed by atoms with Gasteiger partial charge in [0.1, 0.15) is 0 Å². The minimum atomic E-state index is 0.0660. The summed E-state index contributed by atoms with van der Waals surface area (Å²) in [6.07, 6.45) is 6.21. The third-order valence-corrected chi connectivity index (χ3v) is 5.82. The first kappa shape index (κ1) is 58.0. The Morgan fingerprint density at radius 3 is 0.962 bits per heavy atom. The van der Waals surface area contributed by atoms with Crippen molar-refractivity contribution in [1.82, 2.24) is 15.0 Å². The van der Waals surface area contributed by atoms with Gasteiger partial charge in [0.25, 0.3) is 0 Å². The molecule has 2 rings (SSSR count). The minimum absolute atomic E-state index is 0.0660. The highest BCUT2D eigenvalue weighted by atomic mass is 16.5. The smallest absolute Gasteiger partial charge is 0.0700 e. The zero-order chi connectivity index (χ0) is 43.2. The summed E-state index contributed by atoms with van der Waals surface area (Å²) in [7, 11) is 0. The van der Waals surface area contributed by atoms with E-state index < -0.39 is 0 Å². The highest BCUT2D eigenvalue weighted by Crippen LogP contribution is 2.29. The second-order valence-electron chi connectivity index (χ2n) is 24.5. The molecule has 2 aromatic rings. The van der Waals surface area contributed by atoms with Crippen LogP contribution in [0.1, 0.15) is 198 Å². The van der Waals surface area contributed by atoms with Crippen LogP contribution in [0.4, 0.5) is 0 Å². The van der Waals surface area contributed by atoms with Crippen molar-refractivity contribution in [3.63, 3.8) is 0 Å². The molecular weight excluding hydrogens is 651 g/mol. The van der Waals surface area contributed by atoms with E-state index in [4.69, 9.17) is 9.47 Å². The highest BCUT2D eigenvalue weighted by molar-refractivity contribution is 5.22. The number of aromatic nitrogens is 3. The molecule has 53 heavy (non-hydrogen) atoms. The van der Waals surface area contributed by atoms with Gasteiger partial charge in [0.05, 0.1) is 38.2 Å². The standard InChI is InChI=1S/C12H26O2.C10H14.C10H22.C6H11N3.2C5H12/c1-11(2,3)9-13-7-8-14-10-12(4,5)6;1-10(2,3)9-7-5-4-6-8-9;1-9(2,3)7-8-10(4,5)6;1-6(2,3)9-5-4-7-8-9;2*1-5(2,3)4/h7-10H2,1-6H3;4-8H,1-3H3;7-8H2,1-6H3;4-5H,1-3H3;2*1-4H3. The summed E-state index contributed by atoms with van der Waals surface area (Å²) in [5, 5.41) is 7.56. The molecule has 0 aliphatic heterocycles. The molecule has 0 N–H and O–H groups in total. The first-order valence-corrected chi connectivity index (χ1v) is 20.2. The Balaban J connectivity index is -0.000000281. The minimum Gasteiger partial charge on any atom is -0.379 e. The Morgan fingerprint density at radius 2 is 0.792 bits per heavy atom. The number of rotatable bonds is 6. The van der Waals surface area contributed by atoms with Gasteiger partial charge < -0.3 is 9.47 Å². The molecule has 1 aromatic carbocycles. The van der Waals surface area contributed by atoms with Crippen molar-refractivity contribution in [2.24, 2.45) is 32.5 Å². The van der Waals surface area contributed by atoms with Gasteiger partial charge in [-0.1, -0.05) is 195 Å². The van der Waals surface area contributed by atoms with Crippen LogP contribution < -0.4 is 0 Å². The van der Waals surface area contributed by atoms with Crippen LogP contribution in [-0.4, -0.2) is 41.4 Å². The summed E-state index contributed by atoms with van der Waals surface area (Å²) in [6, 6.07) is 10.6. The van der Waals surface area contributed by atoms with Gasteiger partial charge in [0, 0.05) is 6.20 Å². The Bertz CT molecular complexity index is 1020. The molecule has 5 nitrogen and oxygen atoms in total. The van der Waals surface area contributed by atoms with Crippen LogP contribution in [0.5, 0.6) is 0 Å². The van der Waals surface area contributed by atoms with E-state index in [0.717, 1.165) is 13.2 Å². The Morgan fingerprint density at radius 1 is 0.472 bits per heavy atom. The molecule has 0 saturated carbocycles. The van der Waals surface area contributed by atoms with Crippen molar-refractivity contribution in [1.29, 1.82) is 0 Å². The summed E-state index contributed by atoms with van der Waals surface area (Å²) < 4.78 is 12.8. The Hall–Kier alpha value is -1.72. The molecule has 316 valence electrons. The highest BCUT2D eigenvalue weighted by Gasteiger charge is 2.16. The van der Waals surface area contributed by atoms with Gasteiger partial charge in [-0.2, -0.15) is 0 Å². The van der Waals surface area contributed by atoms with E-state index in [1.165, 1.54) is 18.4 Å². The summed E-state index contributed by atoms with van der Waals surface area (Å²) in [5.74, 6) is 0. The molecule has 0 atom stereocenters. The van der Waals surface area contributed by atoms with Crippen LogP contribution in [0.15, 0.2) is 42.7 Å². The van der Waals surface area contributed by atoms with Gasteiger partial charge in [-0.15, -0.1) is 5.10 Å². The topological polar surface area (TPSA) is 49.2 Å². The lowest BCUT2D eigenvalue weighted by Gasteiger charge is -2.24. The van der Waals surface area contributed by atoms with Crippen molar-refractivity contribution in [3.05, 3.63) is 48.3 Å². The molecule has 0 amide bonds. The lowest BCUT2D eigenvalue weighted by atomic mass is 9.81. The first-order chi connectivity index (χ1) is 23.1. The first-order valence-electron chi connectivity index (χ1n) is 20.2.